The maximum atomic E-state index is 11.8. The zero-order chi connectivity index (χ0) is 15.8. The molecule has 1 aromatic rings. The molecule has 0 radical (unpaired) electrons. The maximum Gasteiger partial charge on any atom is 0.326 e. The number of carbonyl (C=O) groups is 2. The van der Waals surface area contributed by atoms with Crippen molar-refractivity contribution >= 4 is 12.0 Å². The van der Waals surface area contributed by atoms with Crippen LogP contribution in [0.3, 0.4) is 0 Å². The summed E-state index contributed by atoms with van der Waals surface area (Å²) in [6.45, 7) is 6.17. The van der Waals surface area contributed by atoms with Crippen LogP contribution in [0.5, 0.6) is 0 Å². The van der Waals surface area contributed by atoms with Gasteiger partial charge in [-0.05, 0) is 23.5 Å². The monoisotopic (exact) mass is 292 g/mol. The van der Waals surface area contributed by atoms with Crippen molar-refractivity contribution in [3.8, 4) is 0 Å². The highest BCUT2D eigenvalue weighted by molar-refractivity contribution is 5.82. The molecule has 0 aliphatic heterocycles. The lowest BCUT2D eigenvalue weighted by molar-refractivity contribution is -0.140. The smallest absolute Gasteiger partial charge is 0.326 e. The predicted octanol–water partition coefficient (Wildman–Crippen LogP) is 2.55. The molecule has 116 valence electrons. The van der Waals surface area contributed by atoms with E-state index in [1.165, 1.54) is 5.56 Å². The van der Waals surface area contributed by atoms with E-state index >= 15 is 0 Å². The van der Waals surface area contributed by atoms with Gasteiger partial charge in [0.05, 0.1) is 0 Å². The molecule has 1 aromatic carbocycles. The average Bonchev–Trinajstić information content (AvgIpc) is 2.50. The molecule has 21 heavy (non-hydrogen) atoms. The first-order chi connectivity index (χ1) is 9.97. The summed E-state index contributed by atoms with van der Waals surface area (Å²) in [5.41, 5.74) is 2.23. The third-order valence-electron chi connectivity index (χ3n) is 3.65. The molecular formula is C16H24N2O3. The highest BCUT2D eigenvalue weighted by Gasteiger charge is 2.24. The van der Waals surface area contributed by atoms with Crippen LogP contribution < -0.4 is 10.6 Å². The summed E-state index contributed by atoms with van der Waals surface area (Å²) in [4.78, 5) is 22.9. The number of amides is 2. The zero-order valence-electron chi connectivity index (χ0n) is 12.8. The molecule has 2 amide bonds. The van der Waals surface area contributed by atoms with Crippen molar-refractivity contribution in [1.29, 1.82) is 0 Å². The van der Waals surface area contributed by atoms with Gasteiger partial charge in [-0.3, -0.25) is 0 Å². The molecule has 1 unspecified atom stereocenters. The minimum Gasteiger partial charge on any atom is -0.480 e. The summed E-state index contributed by atoms with van der Waals surface area (Å²) in [7, 11) is 0. The van der Waals surface area contributed by atoms with Crippen LogP contribution >= 0.6 is 0 Å². The van der Waals surface area contributed by atoms with Crippen LogP contribution in [0.25, 0.3) is 0 Å². The Balaban J connectivity index is 2.50. The second-order valence-electron chi connectivity index (χ2n) is 5.20. The number of aliphatic carboxylic acids is 1. The number of rotatable bonds is 7. The first-order valence-electron chi connectivity index (χ1n) is 7.32. The molecular weight excluding hydrogens is 268 g/mol. The van der Waals surface area contributed by atoms with Crippen molar-refractivity contribution < 1.29 is 14.7 Å². The fourth-order valence-electron chi connectivity index (χ4n) is 1.95. The first kappa shape index (κ1) is 17.0. The van der Waals surface area contributed by atoms with Gasteiger partial charge >= 0.3 is 12.0 Å². The van der Waals surface area contributed by atoms with E-state index in [1.54, 1.807) is 0 Å². The van der Waals surface area contributed by atoms with Crippen LogP contribution in [-0.4, -0.2) is 23.1 Å². The van der Waals surface area contributed by atoms with Gasteiger partial charge in [0.25, 0.3) is 0 Å². The fourth-order valence-corrected chi connectivity index (χ4v) is 1.95. The largest absolute Gasteiger partial charge is 0.480 e. The van der Waals surface area contributed by atoms with E-state index in [9.17, 15) is 9.59 Å². The highest BCUT2D eigenvalue weighted by atomic mass is 16.4. The third kappa shape index (κ3) is 5.45. The van der Waals surface area contributed by atoms with Crippen LogP contribution in [0.4, 0.5) is 4.79 Å². The number of urea groups is 1. The molecule has 3 N–H and O–H groups in total. The molecule has 0 heterocycles. The lowest BCUT2D eigenvalue weighted by Crippen LogP contribution is -2.48. The number of aryl methyl sites for hydroxylation is 1. The van der Waals surface area contributed by atoms with Crippen LogP contribution in [0.2, 0.25) is 0 Å². The Morgan fingerprint density at radius 3 is 2.19 bits per heavy atom. The number of hydrogen-bond acceptors (Lipinski definition) is 2. The highest BCUT2D eigenvalue weighted by Crippen LogP contribution is 2.08. The Bertz CT molecular complexity index is 471. The number of carboxylic acids is 1. The Hall–Kier alpha value is -2.04. The Morgan fingerprint density at radius 1 is 1.14 bits per heavy atom. The van der Waals surface area contributed by atoms with Gasteiger partial charge in [-0.25, -0.2) is 9.59 Å². The van der Waals surface area contributed by atoms with Crippen molar-refractivity contribution in [2.45, 2.75) is 46.2 Å². The lowest BCUT2D eigenvalue weighted by atomic mass is 9.99. The molecule has 0 fully saturated rings. The molecule has 0 saturated carbocycles. The van der Waals surface area contributed by atoms with Gasteiger partial charge in [0.1, 0.15) is 6.04 Å². The van der Waals surface area contributed by atoms with Crippen LogP contribution in [0.1, 0.15) is 38.3 Å². The van der Waals surface area contributed by atoms with E-state index in [1.807, 2.05) is 38.1 Å². The van der Waals surface area contributed by atoms with Crippen molar-refractivity contribution in [3.05, 3.63) is 35.4 Å². The fraction of sp³-hybridized carbons (Fsp3) is 0.500. The number of carbonyl (C=O) groups excluding carboxylic acids is 1. The summed E-state index contributed by atoms with van der Waals surface area (Å²) in [5, 5.41) is 14.3. The predicted molar refractivity (Wildman–Crippen MR) is 82.1 cm³/mol. The van der Waals surface area contributed by atoms with Gasteiger partial charge in [-0.2, -0.15) is 0 Å². The molecule has 0 bridgehead atoms. The summed E-state index contributed by atoms with van der Waals surface area (Å²) in [6.07, 6.45) is 1.67. The van der Waals surface area contributed by atoms with Gasteiger partial charge in [0, 0.05) is 6.54 Å². The zero-order valence-corrected chi connectivity index (χ0v) is 12.8. The van der Waals surface area contributed by atoms with Gasteiger partial charge in [0.2, 0.25) is 0 Å². The van der Waals surface area contributed by atoms with Crippen molar-refractivity contribution in [2.75, 3.05) is 0 Å². The van der Waals surface area contributed by atoms with Gasteiger partial charge < -0.3 is 15.7 Å². The van der Waals surface area contributed by atoms with Crippen molar-refractivity contribution in [1.82, 2.24) is 10.6 Å². The van der Waals surface area contributed by atoms with Crippen LogP contribution in [0.15, 0.2) is 24.3 Å². The number of carboxylic acid groups (broad SMARTS) is 1. The number of hydrogen-bond donors (Lipinski definition) is 3. The van der Waals surface area contributed by atoms with Gasteiger partial charge in [-0.1, -0.05) is 51.5 Å². The molecule has 0 aliphatic rings. The van der Waals surface area contributed by atoms with Crippen molar-refractivity contribution in [2.24, 2.45) is 5.92 Å². The molecule has 0 aliphatic carbocycles. The topological polar surface area (TPSA) is 78.4 Å². The normalized spacial score (nSPS) is 13.3. The summed E-state index contributed by atoms with van der Waals surface area (Å²) >= 11 is 0. The van der Waals surface area contributed by atoms with Gasteiger partial charge in [0.15, 0.2) is 0 Å². The Morgan fingerprint density at radius 2 is 1.71 bits per heavy atom. The minimum atomic E-state index is -1.01. The maximum absolute atomic E-state index is 11.8. The van der Waals surface area contributed by atoms with Crippen molar-refractivity contribution in [3.63, 3.8) is 0 Å². The average molecular weight is 292 g/mol. The van der Waals surface area contributed by atoms with E-state index in [0.29, 0.717) is 13.0 Å². The SMILES string of the molecule is CCc1ccc(CNC(=O)N[C@H](C(=O)O)C(C)CC)cc1. The summed E-state index contributed by atoms with van der Waals surface area (Å²) < 4.78 is 0. The number of nitrogens with one attached hydrogen (secondary N) is 2. The Kier molecular flexibility index (Phi) is 6.72. The van der Waals surface area contributed by atoms with Gasteiger partial charge in [-0.15, -0.1) is 0 Å². The third-order valence-corrected chi connectivity index (χ3v) is 3.65. The van der Waals surface area contributed by atoms with E-state index in [4.69, 9.17) is 5.11 Å². The van der Waals surface area contributed by atoms with E-state index in [2.05, 4.69) is 17.6 Å². The molecule has 1 rings (SSSR count). The number of benzene rings is 1. The molecule has 0 aromatic heterocycles. The van der Waals surface area contributed by atoms with E-state index < -0.39 is 18.0 Å². The second kappa shape index (κ2) is 8.29. The molecule has 0 saturated heterocycles. The molecule has 0 spiro atoms. The van der Waals surface area contributed by atoms with E-state index in [0.717, 1.165) is 12.0 Å². The molecule has 5 heteroatoms. The Labute approximate surface area is 125 Å². The van der Waals surface area contributed by atoms with E-state index in [-0.39, 0.29) is 5.92 Å². The minimum absolute atomic E-state index is 0.114. The molecule has 2 atom stereocenters. The second-order valence-corrected chi connectivity index (χ2v) is 5.20. The van der Waals surface area contributed by atoms with Crippen LogP contribution in [-0.2, 0) is 17.8 Å². The standard InChI is InChI=1S/C16H24N2O3/c1-4-11(3)14(15(19)20)18-16(21)17-10-13-8-6-12(5-2)7-9-13/h6-9,11,14H,4-5,10H2,1-3H3,(H,19,20)(H2,17,18,21)/t11?,14-/m0/s1. The molecule has 5 nitrogen and oxygen atoms in total. The lowest BCUT2D eigenvalue weighted by Gasteiger charge is -2.20. The van der Waals surface area contributed by atoms with Crippen LogP contribution in [0, 0.1) is 5.92 Å². The summed E-state index contributed by atoms with van der Waals surface area (Å²) in [5.74, 6) is -1.12. The quantitative estimate of drug-likeness (QED) is 0.722. The summed E-state index contributed by atoms with van der Waals surface area (Å²) in [6, 6.07) is 6.65. The first-order valence-corrected chi connectivity index (χ1v) is 7.32.